The van der Waals surface area contributed by atoms with Gasteiger partial charge in [-0.1, -0.05) is 0 Å². The molecule has 0 aromatic heterocycles. The average molecular weight is 298 g/mol. The second-order valence-corrected chi connectivity index (χ2v) is 5.21. The van der Waals surface area contributed by atoms with Crippen LogP contribution in [0.15, 0.2) is 29.2 Å². The molecule has 0 heterocycles. The number of likely N-dealkylation sites (N-methyl/N-ethyl adjacent to an activating group) is 1. The van der Waals surface area contributed by atoms with Crippen LogP contribution < -0.4 is 5.32 Å². The number of hydrogen-bond donors (Lipinski definition) is 1. The van der Waals surface area contributed by atoms with Crippen molar-refractivity contribution < 1.29 is 19.2 Å². The van der Waals surface area contributed by atoms with Crippen molar-refractivity contribution in [1.29, 1.82) is 0 Å². The van der Waals surface area contributed by atoms with Gasteiger partial charge in [-0.2, -0.15) is 0 Å². The van der Waals surface area contributed by atoms with Crippen LogP contribution in [0.25, 0.3) is 0 Å². The van der Waals surface area contributed by atoms with Crippen LogP contribution in [0.5, 0.6) is 0 Å². The van der Waals surface area contributed by atoms with Gasteiger partial charge in [-0.3, -0.25) is 19.7 Å². The van der Waals surface area contributed by atoms with Crippen molar-refractivity contribution in [3.8, 4) is 0 Å². The number of amides is 1. The van der Waals surface area contributed by atoms with Crippen LogP contribution in [0.1, 0.15) is 6.92 Å². The minimum absolute atomic E-state index is 0.0100. The Morgan fingerprint density at radius 3 is 2.50 bits per heavy atom. The maximum absolute atomic E-state index is 11.6. The molecule has 1 rings (SSSR count). The van der Waals surface area contributed by atoms with E-state index in [-0.39, 0.29) is 18.2 Å². The van der Waals surface area contributed by atoms with Crippen LogP contribution in [-0.4, -0.2) is 35.7 Å². The first-order valence-corrected chi connectivity index (χ1v) is 6.60. The topological polar surface area (TPSA) is 98.5 Å². The molecule has 0 radical (unpaired) electrons. The molecule has 0 aliphatic carbocycles. The lowest BCUT2D eigenvalue weighted by Crippen LogP contribution is -2.27. The minimum atomic E-state index is -0.517. The van der Waals surface area contributed by atoms with Crippen molar-refractivity contribution in [2.75, 3.05) is 13.7 Å². The van der Waals surface area contributed by atoms with E-state index in [1.807, 2.05) is 0 Å². The summed E-state index contributed by atoms with van der Waals surface area (Å²) in [5, 5.41) is 12.3. The van der Waals surface area contributed by atoms with E-state index in [0.717, 1.165) is 0 Å². The van der Waals surface area contributed by atoms with E-state index < -0.39 is 16.1 Å². The summed E-state index contributed by atoms with van der Waals surface area (Å²) in [5.41, 5.74) is -0.0100. The number of nitro groups is 1. The summed E-state index contributed by atoms with van der Waals surface area (Å²) >= 11 is 1.20. The lowest BCUT2D eigenvalue weighted by Gasteiger charge is -2.10. The number of esters is 1. The lowest BCUT2D eigenvalue weighted by atomic mass is 10.3. The van der Waals surface area contributed by atoms with Crippen molar-refractivity contribution >= 4 is 29.3 Å². The molecule has 0 bridgehead atoms. The van der Waals surface area contributed by atoms with Crippen molar-refractivity contribution in [2.24, 2.45) is 0 Å². The van der Waals surface area contributed by atoms with Gasteiger partial charge in [-0.15, -0.1) is 11.8 Å². The van der Waals surface area contributed by atoms with Gasteiger partial charge >= 0.3 is 5.97 Å². The zero-order valence-electron chi connectivity index (χ0n) is 11.0. The van der Waals surface area contributed by atoms with E-state index in [9.17, 15) is 19.7 Å². The second kappa shape index (κ2) is 7.49. The number of carbonyl (C=O) groups excluding carboxylic acids is 2. The van der Waals surface area contributed by atoms with Crippen molar-refractivity contribution in [3.05, 3.63) is 34.4 Å². The van der Waals surface area contributed by atoms with Crippen LogP contribution in [0, 0.1) is 10.1 Å². The molecular formula is C12H14N2O5S. The van der Waals surface area contributed by atoms with E-state index in [4.69, 9.17) is 4.74 Å². The molecule has 108 valence electrons. The highest BCUT2D eigenvalue weighted by Gasteiger charge is 2.17. The molecule has 0 aliphatic heterocycles. The Kier molecular flexibility index (Phi) is 5.98. The Hall–Kier alpha value is -2.09. The Labute approximate surface area is 119 Å². The van der Waals surface area contributed by atoms with E-state index in [2.05, 4.69) is 5.32 Å². The zero-order chi connectivity index (χ0) is 15.1. The second-order valence-electron chi connectivity index (χ2n) is 3.79. The van der Waals surface area contributed by atoms with Gasteiger partial charge in [-0.25, -0.2) is 0 Å². The number of nitrogens with zero attached hydrogens (tertiary/aromatic N) is 1. The van der Waals surface area contributed by atoms with E-state index in [1.54, 1.807) is 19.1 Å². The molecule has 0 spiro atoms. The summed E-state index contributed by atoms with van der Waals surface area (Å²) < 4.78 is 4.81. The number of thioether (sulfide) groups is 1. The molecule has 1 aromatic carbocycles. The molecule has 0 saturated carbocycles. The summed E-state index contributed by atoms with van der Waals surface area (Å²) in [7, 11) is 1.45. The first-order chi connectivity index (χ1) is 9.43. The Morgan fingerprint density at radius 2 is 2.00 bits per heavy atom. The Balaban J connectivity index is 2.52. The molecule has 7 nitrogen and oxygen atoms in total. The maximum atomic E-state index is 11.6. The number of non-ortho nitro benzene ring substituents is 1. The Bertz CT molecular complexity index is 503. The summed E-state index contributed by atoms with van der Waals surface area (Å²) in [4.78, 5) is 33.3. The van der Waals surface area contributed by atoms with Crippen molar-refractivity contribution in [1.82, 2.24) is 5.32 Å². The van der Waals surface area contributed by atoms with Crippen LogP contribution in [0.3, 0.4) is 0 Å². The van der Waals surface area contributed by atoms with Gasteiger partial charge in [0.1, 0.15) is 5.25 Å². The third-order valence-electron chi connectivity index (χ3n) is 2.32. The minimum Gasteiger partial charge on any atom is -0.455 e. The number of hydrogen-bond acceptors (Lipinski definition) is 6. The van der Waals surface area contributed by atoms with Gasteiger partial charge in [0, 0.05) is 24.1 Å². The highest BCUT2D eigenvalue weighted by Crippen LogP contribution is 2.25. The average Bonchev–Trinajstić information content (AvgIpc) is 2.44. The number of ether oxygens (including phenoxy) is 1. The SMILES string of the molecule is CNC(=O)COC(=O)[C@H](C)Sc1ccc([N+](=O)[O-])cc1. The smallest absolute Gasteiger partial charge is 0.319 e. The number of rotatable bonds is 6. The number of nitrogens with one attached hydrogen (secondary N) is 1. The normalized spacial score (nSPS) is 11.5. The van der Waals surface area contributed by atoms with Crippen LogP contribution in [-0.2, 0) is 14.3 Å². The molecule has 0 unspecified atom stereocenters. The van der Waals surface area contributed by atoms with Gasteiger partial charge in [-0.05, 0) is 19.1 Å². The summed E-state index contributed by atoms with van der Waals surface area (Å²) in [6, 6.07) is 5.85. The third-order valence-corrected chi connectivity index (χ3v) is 3.41. The highest BCUT2D eigenvalue weighted by atomic mass is 32.2. The molecule has 0 saturated heterocycles. The monoisotopic (exact) mass is 298 g/mol. The lowest BCUT2D eigenvalue weighted by molar-refractivity contribution is -0.384. The largest absolute Gasteiger partial charge is 0.455 e. The van der Waals surface area contributed by atoms with Gasteiger partial charge in [0.25, 0.3) is 11.6 Å². The molecule has 0 fully saturated rings. The highest BCUT2D eigenvalue weighted by molar-refractivity contribution is 8.00. The van der Waals surface area contributed by atoms with Gasteiger partial charge < -0.3 is 10.1 Å². The third kappa shape index (κ3) is 4.88. The molecule has 1 aromatic rings. The van der Waals surface area contributed by atoms with Crippen LogP contribution in [0.2, 0.25) is 0 Å². The molecule has 8 heteroatoms. The van der Waals surface area contributed by atoms with Gasteiger partial charge in [0.05, 0.1) is 4.92 Å². The Morgan fingerprint density at radius 1 is 1.40 bits per heavy atom. The number of nitro benzene ring substituents is 1. The van der Waals surface area contributed by atoms with Crippen molar-refractivity contribution in [3.63, 3.8) is 0 Å². The molecular weight excluding hydrogens is 284 g/mol. The molecule has 1 amide bonds. The standard InChI is InChI=1S/C12H14N2O5S/c1-8(12(16)19-7-11(15)13-2)20-10-5-3-9(4-6-10)14(17)18/h3-6,8H,7H2,1-2H3,(H,13,15)/t8-/m0/s1. The molecule has 1 N–H and O–H groups in total. The fraction of sp³-hybridized carbons (Fsp3) is 0.333. The van der Waals surface area contributed by atoms with Gasteiger partial charge in [0.2, 0.25) is 0 Å². The first kappa shape index (κ1) is 16.0. The zero-order valence-corrected chi connectivity index (χ0v) is 11.8. The first-order valence-electron chi connectivity index (χ1n) is 5.72. The summed E-state index contributed by atoms with van der Waals surface area (Å²) in [6.07, 6.45) is 0. The maximum Gasteiger partial charge on any atom is 0.319 e. The summed E-state index contributed by atoms with van der Waals surface area (Å²) in [5.74, 6) is -0.900. The van der Waals surface area contributed by atoms with Gasteiger partial charge in [0.15, 0.2) is 6.61 Å². The van der Waals surface area contributed by atoms with Crippen LogP contribution >= 0.6 is 11.8 Å². The quantitative estimate of drug-likeness (QED) is 0.368. The molecule has 1 atom stereocenters. The van der Waals surface area contributed by atoms with Crippen LogP contribution in [0.4, 0.5) is 5.69 Å². The predicted molar refractivity (Wildman–Crippen MR) is 73.4 cm³/mol. The fourth-order valence-electron chi connectivity index (χ4n) is 1.22. The fourth-order valence-corrected chi connectivity index (χ4v) is 2.09. The van der Waals surface area contributed by atoms with Crippen molar-refractivity contribution in [2.45, 2.75) is 17.1 Å². The van der Waals surface area contributed by atoms with E-state index in [0.29, 0.717) is 4.90 Å². The number of carbonyl (C=O) groups is 2. The van der Waals surface area contributed by atoms with E-state index in [1.165, 1.54) is 30.9 Å². The number of benzene rings is 1. The predicted octanol–water partition coefficient (Wildman–Crippen LogP) is 1.36. The summed E-state index contributed by atoms with van der Waals surface area (Å²) in [6.45, 7) is 1.32. The molecule has 20 heavy (non-hydrogen) atoms. The van der Waals surface area contributed by atoms with E-state index >= 15 is 0 Å². The molecule has 0 aliphatic rings.